The molecule has 0 saturated heterocycles. The number of nitrogens with one attached hydrogen (secondary N) is 1. The van der Waals surface area contributed by atoms with Gasteiger partial charge in [-0.25, -0.2) is 4.98 Å². The Morgan fingerprint density at radius 1 is 1.31 bits per heavy atom. The lowest BCUT2D eigenvalue weighted by Gasteiger charge is -2.23. The molecule has 0 radical (unpaired) electrons. The van der Waals surface area contributed by atoms with E-state index in [9.17, 15) is 4.79 Å². The topological polar surface area (TPSA) is 63.7 Å². The Labute approximate surface area is 159 Å². The smallest absolute Gasteiger partial charge is 0.264 e. The number of nitrogens with zero attached hydrogens (tertiary/aromatic N) is 2. The summed E-state index contributed by atoms with van der Waals surface area (Å²) >= 11 is 1.41. The SMILES string of the molecule is COc1ccc(OCC(=O)Nc2nc(CN(C)C)cs2)c(C(C)(C)C)c1. The van der Waals surface area contributed by atoms with Crippen molar-refractivity contribution in [2.75, 3.05) is 33.1 Å². The van der Waals surface area contributed by atoms with E-state index in [4.69, 9.17) is 9.47 Å². The van der Waals surface area contributed by atoms with Gasteiger partial charge < -0.3 is 14.4 Å². The van der Waals surface area contributed by atoms with E-state index < -0.39 is 0 Å². The summed E-state index contributed by atoms with van der Waals surface area (Å²) in [6.45, 7) is 6.95. The van der Waals surface area contributed by atoms with Crippen LogP contribution in [0.5, 0.6) is 11.5 Å². The number of rotatable bonds is 7. The van der Waals surface area contributed by atoms with Crippen molar-refractivity contribution in [2.45, 2.75) is 32.7 Å². The molecule has 0 spiro atoms. The van der Waals surface area contributed by atoms with E-state index in [2.05, 4.69) is 31.1 Å². The van der Waals surface area contributed by atoms with Gasteiger partial charge in [0, 0.05) is 17.5 Å². The third kappa shape index (κ3) is 5.71. The summed E-state index contributed by atoms with van der Waals surface area (Å²) < 4.78 is 11.1. The largest absolute Gasteiger partial charge is 0.497 e. The van der Waals surface area contributed by atoms with Crippen molar-refractivity contribution >= 4 is 22.4 Å². The van der Waals surface area contributed by atoms with Crippen molar-refractivity contribution < 1.29 is 14.3 Å². The average molecular weight is 378 g/mol. The third-order valence-corrected chi connectivity index (χ3v) is 4.44. The number of ether oxygens (including phenoxy) is 2. The van der Waals surface area contributed by atoms with E-state index in [0.717, 1.165) is 23.6 Å². The van der Waals surface area contributed by atoms with Crippen molar-refractivity contribution in [1.82, 2.24) is 9.88 Å². The van der Waals surface area contributed by atoms with Crippen molar-refractivity contribution in [2.24, 2.45) is 0 Å². The molecule has 7 heteroatoms. The molecule has 0 fully saturated rings. The Morgan fingerprint density at radius 2 is 2.04 bits per heavy atom. The molecular weight excluding hydrogens is 350 g/mol. The first-order valence-electron chi connectivity index (χ1n) is 8.39. The second-order valence-electron chi connectivity index (χ2n) is 7.33. The molecule has 0 unspecified atom stereocenters. The van der Waals surface area contributed by atoms with E-state index in [0.29, 0.717) is 10.9 Å². The fourth-order valence-corrected chi connectivity index (χ4v) is 3.13. The van der Waals surface area contributed by atoms with E-state index >= 15 is 0 Å². The minimum absolute atomic E-state index is 0.0714. The second-order valence-corrected chi connectivity index (χ2v) is 8.19. The van der Waals surface area contributed by atoms with Crippen LogP contribution >= 0.6 is 11.3 Å². The zero-order chi connectivity index (χ0) is 19.3. The lowest BCUT2D eigenvalue weighted by molar-refractivity contribution is -0.118. The minimum atomic E-state index is -0.230. The molecule has 0 aliphatic carbocycles. The van der Waals surface area contributed by atoms with Crippen LogP contribution in [0.4, 0.5) is 5.13 Å². The van der Waals surface area contributed by atoms with Gasteiger partial charge in [-0.2, -0.15) is 0 Å². The van der Waals surface area contributed by atoms with Crippen LogP contribution in [-0.4, -0.2) is 43.6 Å². The first kappa shape index (κ1) is 20.2. The van der Waals surface area contributed by atoms with Crippen LogP contribution in [0.15, 0.2) is 23.6 Å². The Hall–Kier alpha value is -2.12. The number of amides is 1. The van der Waals surface area contributed by atoms with Crippen LogP contribution in [0.2, 0.25) is 0 Å². The fourth-order valence-electron chi connectivity index (χ4n) is 2.41. The second kappa shape index (κ2) is 8.51. The number of benzene rings is 1. The molecule has 26 heavy (non-hydrogen) atoms. The van der Waals surface area contributed by atoms with Gasteiger partial charge in [0.25, 0.3) is 5.91 Å². The van der Waals surface area contributed by atoms with Gasteiger partial charge >= 0.3 is 0 Å². The fraction of sp³-hybridized carbons (Fsp3) is 0.474. The van der Waals surface area contributed by atoms with Crippen molar-refractivity contribution in [3.8, 4) is 11.5 Å². The summed E-state index contributed by atoms with van der Waals surface area (Å²) in [6.07, 6.45) is 0. The van der Waals surface area contributed by atoms with Crippen LogP contribution in [0.1, 0.15) is 32.0 Å². The lowest BCUT2D eigenvalue weighted by Crippen LogP contribution is -2.22. The minimum Gasteiger partial charge on any atom is -0.497 e. The maximum Gasteiger partial charge on any atom is 0.264 e. The van der Waals surface area contributed by atoms with E-state index in [1.54, 1.807) is 7.11 Å². The zero-order valence-electron chi connectivity index (χ0n) is 16.3. The van der Waals surface area contributed by atoms with Gasteiger partial charge in [0.2, 0.25) is 0 Å². The number of carbonyl (C=O) groups excluding carboxylic acids is 1. The van der Waals surface area contributed by atoms with Crippen molar-refractivity contribution in [3.63, 3.8) is 0 Å². The molecular formula is C19H27N3O3S. The molecule has 0 aliphatic heterocycles. The lowest BCUT2D eigenvalue weighted by atomic mass is 9.86. The van der Waals surface area contributed by atoms with E-state index in [1.807, 2.05) is 42.6 Å². The predicted octanol–water partition coefficient (Wildman–Crippen LogP) is 3.53. The number of methoxy groups -OCH3 is 1. The standard InChI is InChI=1S/C19H27N3O3S/c1-19(2,3)15-9-14(24-6)7-8-16(15)25-11-17(23)21-18-20-13(12-26-18)10-22(4)5/h7-9,12H,10-11H2,1-6H3,(H,20,21,23). The molecule has 1 aromatic carbocycles. The van der Waals surface area contributed by atoms with Gasteiger partial charge in [0.15, 0.2) is 11.7 Å². The van der Waals surface area contributed by atoms with Gasteiger partial charge in [-0.05, 0) is 37.7 Å². The Morgan fingerprint density at radius 3 is 2.65 bits per heavy atom. The Kier molecular flexibility index (Phi) is 6.61. The molecule has 0 aliphatic rings. The van der Waals surface area contributed by atoms with Crippen LogP contribution in [-0.2, 0) is 16.8 Å². The van der Waals surface area contributed by atoms with Gasteiger partial charge in [-0.1, -0.05) is 20.8 Å². The molecule has 2 aromatic rings. The Balaban J connectivity index is 2.00. The number of hydrogen-bond acceptors (Lipinski definition) is 6. The summed E-state index contributed by atoms with van der Waals surface area (Å²) in [5.74, 6) is 1.22. The molecule has 0 saturated carbocycles. The molecule has 1 amide bonds. The number of hydrogen-bond donors (Lipinski definition) is 1. The maximum absolute atomic E-state index is 12.2. The van der Waals surface area contributed by atoms with Crippen LogP contribution in [0, 0.1) is 0 Å². The van der Waals surface area contributed by atoms with Gasteiger partial charge in [0.1, 0.15) is 11.5 Å². The monoisotopic (exact) mass is 377 g/mol. The number of thiazole rings is 1. The normalized spacial score (nSPS) is 11.5. The summed E-state index contributed by atoms with van der Waals surface area (Å²) in [7, 11) is 5.59. The average Bonchev–Trinajstić information content (AvgIpc) is 2.98. The first-order chi connectivity index (χ1) is 12.2. The molecule has 0 bridgehead atoms. The zero-order valence-corrected chi connectivity index (χ0v) is 17.1. The number of aromatic nitrogens is 1. The summed E-state index contributed by atoms with van der Waals surface area (Å²) in [6, 6.07) is 5.61. The quantitative estimate of drug-likeness (QED) is 0.800. The van der Waals surface area contributed by atoms with Crippen LogP contribution < -0.4 is 14.8 Å². The molecule has 142 valence electrons. The van der Waals surface area contributed by atoms with Gasteiger partial charge in [-0.3, -0.25) is 10.1 Å². The molecule has 2 rings (SSSR count). The molecule has 1 aromatic heterocycles. The maximum atomic E-state index is 12.2. The highest BCUT2D eigenvalue weighted by atomic mass is 32.1. The van der Waals surface area contributed by atoms with Crippen LogP contribution in [0.3, 0.4) is 0 Å². The highest BCUT2D eigenvalue weighted by molar-refractivity contribution is 7.13. The van der Waals surface area contributed by atoms with Gasteiger partial charge in [-0.15, -0.1) is 11.3 Å². The molecule has 0 atom stereocenters. The number of carbonyl (C=O) groups is 1. The molecule has 1 N–H and O–H groups in total. The molecule has 6 nitrogen and oxygen atoms in total. The number of anilines is 1. The first-order valence-corrected chi connectivity index (χ1v) is 9.27. The Bertz CT molecular complexity index is 751. The highest BCUT2D eigenvalue weighted by Crippen LogP contribution is 2.34. The van der Waals surface area contributed by atoms with Gasteiger partial charge in [0.05, 0.1) is 12.8 Å². The highest BCUT2D eigenvalue weighted by Gasteiger charge is 2.20. The molecule has 1 heterocycles. The summed E-state index contributed by atoms with van der Waals surface area (Å²) in [4.78, 5) is 18.6. The van der Waals surface area contributed by atoms with Crippen molar-refractivity contribution in [1.29, 1.82) is 0 Å². The third-order valence-electron chi connectivity index (χ3n) is 3.63. The summed E-state index contributed by atoms with van der Waals surface area (Å²) in [5, 5.41) is 5.31. The van der Waals surface area contributed by atoms with Crippen LogP contribution in [0.25, 0.3) is 0 Å². The van der Waals surface area contributed by atoms with E-state index in [1.165, 1.54) is 11.3 Å². The van der Waals surface area contributed by atoms with E-state index in [-0.39, 0.29) is 17.9 Å². The summed E-state index contributed by atoms with van der Waals surface area (Å²) in [5.41, 5.74) is 1.80. The van der Waals surface area contributed by atoms with Crippen molar-refractivity contribution in [3.05, 3.63) is 34.8 Å². The predicted molar refractivity (Wildman–Crippen MR) is 105 cm³/mol.